The summed E-state index contributed by atoms with van der Waals surface area (Å²) in [5.74, 6) is 1.15. The molecule has 2 aliphatic rings. The molecule has 29 heavy (non-hydrogen) atoms. The van der Waals surface area contributed by atoms with E-state index in [1.165, 1.54) is 19.2 Å². The number of methoxy groups -OCH3 is 1. The molecule has 2 aromatic rings. The van der Waals surface area contributed by atoms with E-state index < -0.39 is 4.92 Å². The summed E-state index contributed by atoms with van der Waals surface area (Å²) >= 11 is 1.15. The van der Waals surface area contributed by atoms with Crippen molar-refractivity contribution >= 4 is 40.3 Å². The molecule has 0 aromatic heterocycles. The standard InChI is InChI=1S/C19H15N3O6S/c1-10-5-15-16(28-9-27-15)6-11(10)7-17-18(23)21-19(29-17)20-12-3-4-14(26-2)13(8-12)22(24)25/h3-8H,9H2,1-2H3,(H,20,21,23)/b17-7-. The summed E-state index contributed by atoms with van der Waals surface area (Å²) in [6, 6.07) is 8.02. The zero-order valence-electron chi connectivity index (χ0n) is 15.4. The maximum absolute atomic E-state index is 12.3. The number of carbonyl (C=O) groups excluding carboxylic acids is 1. The molecular formula is C19H15N3O6S. The number of nitro benzene ring substituents is 1. The molecule has 1 fully saturated rings. The van der Waals surface area contributed by atoms with Crippen LogP contribution in [0.4, 0.5) is 11.4 Å². The van der Waals surface area contributed by atoms with Crippen molar-refractivity contribution in [1.82, 2.24) is 5.32 Å². The summed E-state index contributed by atoms with van der Waals surface area (Å²) in [4.78, 5) is 27.7. The summed E-state index contributed by atoms with van der Waals surface area (Å²) in [6.45, 7) is 2.09. The molecule has 0 aliphatic carbocycles. The molecule has 0 saturated carbocycles. The van der Waals surface area contributed by atoms with Crippen LogP contribution in [0.2, 0.25) is 0 Å². The number of nitrogens with one attached hydrogen (secondary N) is 1. The minimum absolute atomic E-state index is 0.140. The number of thioether (sulfide) groups is 1. The fourth-order valence-corrected chi connectivity index (χ4v) is 3.68. The lowest BCUT2D eigenvalue weighted by Gasteiger charge is -2.03. The predicted octanol–water partition coefficient (Wildman–Crippen LogP) is 3.53. The quantitative estimate of drug-likeness (QED) is 0.463. The van der Waals surface area contributed by atoms with E-state index in [0.29, 0.717) is 27.3 Å². The minimum Gasteiger partial charge on any atom is -0.490 e. The van der Waals surface area contributed by atoms with E-state index in [1.54, 1.807) is 12.1 Å². The van der Waals surface area contributed by atoms with Crippen molar-refractivity contribution in [3.8, 4) is 17.2 Å². The molecule has 0 bridgehead atoms. The van der Waals surface area contributed by atoms with Crippen LogP contribution in [-0.4, -0.2) is 29.9 Å². The van der Waals surface area contributed by atoms with E-state index in [0.717, 1.165) is 22.9 Å². The highest BCUT2D eigenvalue weighted by atomic mass is 32.2. The molecule has 0 unspecified atom stereocenters. The fraction of sp³-hybridized carbons (Fsp3) is 0.158. The third-order valence-corrected chi connectivity index (χ3v) is 5.20. The number of fused-ring (bicyclic) bond motifs is 1. The van der Waals surface area contributed by atoms with Crippen molar-refractivity contribution in [3.05, 3.63) is 56.5 Å². The number of carbonyl (C=O) groups is 1. The van der Waals surface area contributed by atoms with Gasteiger partial charge in [0.05, 0.1) is 22.6 Å². The number of nitrogens with zero attached hydrogens (tertiary/aromatic N) is 2. The Hall–Kier alpha value is -3.53. The molecule has 10 heteroatoms. The van der Waals surface area contributed by atoms with Crippen LogP contribution in [-0.2, 0) is 4.79 Å². The molecule has 0 atom stereocenters. The topological polar surface area (TPSA) is 112 Å². The molecule has 2 aromatic carbocycles. The summed E-state index contributed by atoms with van der Waals surface area (Å²) in [5, 5.41) is 14.2. The van der Waals surface area contributed by atoms with Crippen molar-refractivity contribution < 1.29 is 23.9 Å². The number of amides is 1. The second kappa shape index (κ2) is 7.47. The number of ether oxygens (including phenoxy) is 3. The normalized spacial score (nSPS) is 17.7. The first-order chi connectivity index (χ1) is 13.9. The minimum atomic E-state index is -0.545. The smallest absolute Gasteiger partial charge is 0.313 e. The van der Waals surface area contributed by atoms with E-state index in [2.05, 4.69) is 10.3 Å². The van der Waals surface area contributed by atoms with Crippen LogP contribution in [0.5, 0.6) is 17.2 Å². The Labute approximate surface area is 169 Å². The summed E-state index contributed by atoms with van der Waals surface area (Å²) in [7, 11) is 1.36. The second-order valence-electron chi connectivity index (χ2n) is 6.16. The number of nitro groups is 1. The SMILES string of the molecule is COc1ccc(N=C2NC(=O)/C(=C/c3cc4c(cc3C)OCO4)S2)cc1[N+](=O)[O-]. The van der Waals surface area contributed by atoms with Gasteiger partial charge in [-0.05, 0) is 60.2 Å². The molecule has 1 N–H and O–H groups in total. The van der Waals surface area contributed by atoms with E-state index in [-0.39, 0.29) is 24.1 Å². The number of benzene rings is 2. The molecule has 2 aliphatic heterocycles. The number of aryl methyl sites for hydroxylation is 1. The van der Waals surface area contributed by atoms with Crippen LogP contribution in [0.15, 0.2) is 40.2 Å². The van der Waals surface area contributed by atoms with Crippen LogP contribution in [0.25, 0.3) is 6.08 Å². The van der Waals surface area contributed by atoms with Crippen molar-refractivity contribution in [1.29, 1.82) is 0 Å². The number of hydrogen-bond donors (Lipinski definition) is 1. The van der Waals surface area contributed by atoms with E-state index in [9.17, 15) is 14.9 Å². The molecular weight excluding hydrogens is 398 g/mol. The molecule has 2 heterocycles. The van der Waals surface area contributed by atoms with Crippen LogP contribution in [0.1, 0.15) is 11.1 Å². The molecule has 9 nitrogen and oxygen atoms in total. The Morgan fingerprint density at radius 2 is 2.03 bits per heavy atom. The number of aliphatic imine (C=N–C) groups is 1. The Morgan fingerprint density at radius 1 is 1.28 bits per heavy atom. The lowest BCUT2D eigenvalue weighted by Crippen LogP contribution is -2.19. The van der Waals surface area contributed by atoms with E-state index in [1.807, 2.05) is 19.1 Å². The zero-order chi connectivity index (χ0) is 20.5. The van der Waals surface area contributed by atoms with Crippen molar-refractivity contribution in [3.63, 3.8) is 0 Å². The summed E-state index contributed by atoms with van der Waals surface area (Å²) < 4.78 is 15.7. The van der Waals surface area contributed by atoms with Crippen molar-refractivity contribution in [2.75, 3.05) is 13.9 Å². The van der Waals surface area contributed by atoms with Crippen LogP contribution < -0.4 is 19.5 Å². The average molecular weight is 413 g/mol. The van der Waals surface area contributed by atoms with Crippen molar-refractivity contribution in [2.45, 2.75) is 6.92 Å². The third kappa shape index (κ3) is 3.74. The molecule has 1 amide bonds. The Balaban J connectivity index is 1.61. The number of amidine groups is 1. The fourth-order valence-electron chi connectivity index (χ4n) is 2.84. The third-order valence-electron chi connectivity index (χ3n) is 4.29. The van der Waals surface area contributed by atoms with Gasteiger partial charge in [-0.3, -0.25) is 14.9 Å². The molecule has 4 rings (SSSR count). The van der Waals surface area contributed by atoms with E-state index >= 15 is 0 Å². The first-order valence-electron chi connectivity index (χ1n) is 8.47. The first-order valence-corrected chi connectivity index (χ1v) is 9.28. The zero-order valence-corrected chi connectivity index (χ0v) is 16.2. The van der Waals surface area contributed by atoms with Gasteiger partial charge in [0.15, 0.2) is 22.4 Å². The van der Waals surface area contributed by atoms with Gasteiger partial charge >= 0.3 is 5.69 Å². The molecule has 148 valence electrons. The van der Waals surface area contributed by atoms with Gasteiger partial charge in [-0.2, -0.15) is 0 Å². The highest BCUT2D eigenvalue weighted by Gasteiger charge is 2.25. The Kier molecular flexibility index (Phi) is 4.85. The molecule has 0 spiro atoms. The van der Waals surface area contributed by atoms with Crippen molar-refractivity contribution in [2.24, 2.45) is 4.99 Å². The number of rotatable bonds is 4. The maximum atomic E-state index is 12.3. The van der Waals surface area contributed by atoms with Gasteiger partial charge < -0.3 is 19.5 Å². The largest absolute Gasteiger partial charge is 0.490 e. The van der Waals surface area contributed by atoms with Gasteiger partial charge in [-0.1, -0.05) is 0 Å². The lowest BCUT2D eigenvalue weighted by molar-refractivity contribution is -0.385. The van der Waals surface area contributed by atoms with Gasteiger partial charge in [-0.25, -0.2) is 4.99 Å². The van der Waals surface area contributed by atoms with Gasteiger partial charge in [0.1, 0.15) is 0 Å². The Bertz CT molecular complexity index is 1100. The van der Waals surface area contributed by atoms with Gasteiger partial charge in [-0.15, -0.1) is 0 Å². The van der Waals surface area contributed by atoms with Gasteiger partial charge in [0.25, 0.3) is 5.91 Å². The first kappa shape index (κ1) is 18.8. The average Bonchev–Trinajstić information content (AvgIpc) is 3.27. The maximum Gasteiger partial charge on any atom is 0.313 e. The number of hydrogen-bond acceptors (Lipinski definition) is 8. The second-order valence-corrected chi connectivity index (χ2v) is 7.19. The van der Waals surface area contributed by atoms with Crippen LogP contribution >= 0.6 is 11.8 Å². The Morgan fingerprint density at radius 3 is 2.76 bits per heavy atom. The summed E-state index contributed by atoms with van der Waals surface area (Å²) in [6.07, 6.45) is 1.75. The highest BCUT2D eigenvalue weighted by Crippen LogP contribution is 2.37. The van der Waals surface area contributed by atoms with Gasteiger partial charge in [0.2, 0.25) is 6.79 Å². The van der Waals surface area contributed by atoms with Crippen LogP contribution in [0, 0.1) is 17.0 Å². The molecule has 1 saturated heterocycles. The van der Waals surface area contributed by atoms with Gasteiger partial charge in [0, 0.05) is 6.07 Å². The summed E-state index contributed by atoms with van der Waals surface area (Å²) in [5.41, 5.74) is 1.90. The predicted molar refractivity (Wildman–Crippen MR) is 108 cm³/mol. The lowest BCUT2D eigenvalue weighted by atomic mass is 10.1. The highest BCUT2D eigenvalue weighted by molar-refractivity contribution is 8.18. The van der Waals surface area contributed by atoms with E-state index in [4.69, 9.17) is 14.2 Å². The van der Waals surface area contributed by atoms with Crippen LogP contribution in [0.3, 0.4) is 0 Å². The molecule has 0 radical (unpaired) electrons. The monoisotopic (exact) mass is 413 g/mol.